The third-order valence-electron chi connectivity index (χ3n) is 8.90. The van der Waals surface area contributed by atoms with E-state index < -0.39 is 84.7 Å². The molecule has 0 saturated carbocycles. The van der Waals surface area contributed by atoms with Crippen LogP contribution in [-0.4, -0.2) is 93.8 Å². The van der Waals surface area contributed by atoms with Crippen LogP contribution in [0.15, 0.2) is 24.3 Å². The third-order valence-corrected chi connectivity index (χ3v) is 11.0. The van der Waals surface area contributed by atoms with E-state index in [-0.39, 0.29) is 66.6 Å². The molecule has 6 atom stereocenters. The molecule has 0 aromatic heterocycles. The molecule has 13 nitrogen and oxygen atoms in total. The van der Waals surface area contributed by atoms with Crippen molar-refractivity contribution in [1.29, 1.82) is 0 Å². The van der Waals surface area contributed by atoms with Gasteiger partial charge in [-0.1, -0.05) is 24.3 Å². The molecule has 46 heavy (non-hydrogen) atoms. The van der Waals surface area contributed by atoms with Crippen molar-refractivity contribution in [3.8, 4) is 11.5 Å². The molecule has 2 aromatic rings. The van der Waals surface area contributed by atoms with E-state index in [1.807, 2.05) is 0 Å². The van der Waals surface area contributed by atoms with Crippen molar-refractivity contribution >= 4 is 24.9 Å². The third kappa shape index (κ3) is 6.18. The van der Waals surface area contributed by atoms with Crippen molar-refractivity contribution < 1.29 is 57.9 Å². The van der Waals surface area contributed by atoms with Gasteiger partial charge in [0.1, 0.15) is 17.1 Å². The molecule has 0 unspecified atom stereocenters. The lowest BCUT2D eigenvalue weighted by Crippen LogP contribution is -2.55. The minimum Gasteiger partial charge on any atom is -0.507 e. The van der Waals surface area contributed by atoms with E-state index in [4.69, 9.17) is 18.5 Å². The van der Waals surface area contributed by atoms with Gasteiger partial charge in [0.25, 0.3) is 0 Å². The van der Waals surface area contributed by atoms with Crippen molar-refractivity contribution in [2.24, 2.45) is 0 Å². The Bertz CT molecular complexity index is 1580. The fourth-order valence-corrected chi connectivity index (χ4v) is 8.06. The largest absolute Gasteiger partial charge is 0.507 e. The first-order chi connectivity index (χ1) is 21.7. The molecule has 5 rings (SSSR count). The Kier molecular flexibility index (Phi) is 9.89. The van der Waals surface area contributed by atoms with Crippen LogP contribution in [0.4, 0.5) is 0 Å². The number of aromatic hydroxyl groups is 2. The highest BCUT2D eigenvalue weighted by atomic mass is 31.2. The number of carbonyl (C=O) groups is 3. The van der Waals surface area contributed by atoms with E-state index >= 15 is 0 Å². The van der Waals surface area contributed by atoms with Crippen molar-refractivity contribution in [3.05, 3.63) is 57.6 Å². The molecule has 1 saturated heterocycles. The Morgan fingerprint density at radius 2 is 1.65 bits per heavy atom. The molecule has 3 aliphatic rings. The van der Waals surface area contributed by atoms with E-state index in [1.165, 1.54) is 19.1 Å². The molecule has 1 heterocycles. The molecule has 2 aromatic carbocycles. The summed E-state index contributed by atoms with van der Waals surface area (Å²) in [5.74, 6) is -3.19. The minimum atomic E-state index is -3.35. The van der Waals surface area contributed by atoms with E-state index in [1.54, 1.807) is 32.9 Å². The number of aliphatic hydroxyl groups excluding tert-OH is 1. The maximum absolute atomic E-state index is 13.6. The topological polar surface area (TPSA) is 198 Å². The zero-order valence-electron chi connectivity index (χ0n) is 26.1. The number of phenolic OH excluding ortho intramolecular Hbond substituents is 2. The fourth-order valence-electron chi connectivity index (χ4n) is 6.54. The summed E-state index contributed by atoms with van der Waals surface area (Å²) >= 11 is 0. The Morgan fingerprint density at radius 3 is 2.22 bits per heavy atom. The predicted molar refractivity (Wildman–Crippen MR) is 163 cm³/mol. The first kappa shape index (κ1) is 34.3. The summed E-state index contributed by atoms with van der Waals surface area (Å²) < 4.78 is 35.8. The number of Topliss-reactive ketones (excluding diaryl/α,β-unsaturated/α-hetero) is 1. The Labute approximate surface area is 266 Å². The summed E-state index contributed by atoms with van der Waals surface area (Å²) in [4.78, 5) is 39.7. The van der Waals surface area contributed by atoms with Crippen LogP contribution in [0.2, 0.25) is 0 Å². The quantitative estimate of drug-likeness (QED) is 0.149. The molecule has 250 valence electrons. The van der Waals surface area contributed by atoms with Crippen LogP contribution in [0.3, 0.4) is 0 Å². The van der Waals surface area contributed by atoms with E-state index in [0.29, 0.717) is 0 Å². The number of ketones is 3. The predicted octanol–water partition coefficient (Wildman–Crippen LogP) is 2.92. The smallest absolute Gasteiger partial charge is 0.331 e. The summed E-state index contributed by atoms with van der Waals surface area (Å²) in [6.45, 7) is 6.81. The van der Waals surface area contributed by atoms with Gasteiger partial charge in [-0.25, -0.2) is 0 Å². The van der Waals surface area contributed by atoms with Gasteiger partial charge in [0, 0.05) is 54.1 Å². The number of fused-ring (bicyclic) bond motifs is 3. The molecule has 14 heteroatoms. The van der Waals surface area contributed by atoms with Crippen molar-refractivity contribution in [2.45, 2.75) is 83.2 Å². The Balaban J connectivity index is 1.47. The SMILES string of the molecule is CCOP(=O)(CCN[C@H]1C[C@H](O[C@H]2C[C@](O)(C(C)=O)Cc3c(O)c4c(c(O)c32)C(=O)c2ccccc2C4=O)O[C@@H](C)[C@H]1O)OCC. The summed E-state index contributed by atoms with van der Waals surface area (Å²) in [7, 11) is -3.35. The maximum Gasteiger partial charge on any atom is 0.331 e. The lowest BCUT2D eigenvalue weighted by Gasteiger charge is -2.43. The Morgan fingerprint density at radius 1 is 1.07 bits per heavy atom. The molecule has 0 spiro atoms. The summed E-state index contributed by atoms with van der Waals surface area (Å²) in [5, 5.41) is 48.4. The van der Waals surface area contributed by atoms with E-state index in [2.05, 4.69) is 5.32 Å². The molecule has 5 N–H and O–H groups in total. The second-order valence-electron chi connectivity index (χ2n) is 11.9. The average molecular weight is 662 g/mol. The monoisotopic (exact) mass is 661 g/mol. The lowest BCUT2D eigenvalue weighted by atomic mass is 9.72. The molecular formula is C32H40NO12P. The molecule has 0 bridgehead atoms. The molecule has 0 radical (unpaired) electrons. The van der Waals surface area contributed by atoms with Crippen LogP contribution in [0.1, 0.15) is 89.6 Å². The summed E-state index contributed by atoms with van der Waals surface area (Å²) in [6, 6.07) is 5.44. The number of rotatable bonds is 11. The number of hydrogen-bond donors (Lipinski definition) is 5. The zero-order chi connectivity index (χ0) is 33.6. The number of carbonyl (C=O) groups excluding carboxylic acids is 3. The number of phenols is 2. The Hall–Kier alpha value is -3.00. The van der Waals surface area contributed by atoms with E-state index in [0.717, 1.165) is 0 Å². The highest BCUT2D eigenvalue weighted by Crippen LogP contribution is 2.52. The molecule has 1 fully saturated rings. The van der Waals surface area contributed by atoms with Gasteiger partial charge in [0.15, 0.2) is 23.6 Å². The average Bonchev–Trinajstić information content (AvgIpc) is 3.00. The second kappa shape index (κ2) is 13.2. The molecular weight excluding hydrogens is 621 g/mol. The zero-order valence-corrected chi connectivity index (χ0v) is 27.0. The van der Waals surface area contributed by atoms with Crippen LogP contribution in [-0.2, 0) is 34.3 Å². The van der Waals surface area contributed by atoms with Gasteiger partial charge in [-0.2, -0.15) is 0 Å². The second-order valence-corrected chi connectivity index (χ2v) is 14.0. The molecule has 2 aliphatic carbocycles. The van der Waals surface area contributed by atoms with Crippen LogP contribution in [0.5, 0.6) is 11.5 Å². The lowest BCUT2D eigenvalue weighted by molar-refractivity contribution is -0.249. The number of benzene rings is 2. The highest BCUT2D eigenvalue weighted by molar-refractivity contribution is 7.53. The standard InChI is InChI=1S/C32H40NO12P/c1-5-42-46(41,43-6-2)12-11-33-21-13-23(44-16(3)27(21)35)45-22-15-32(40,17(4)34)14-20-24(22)31(39)26-25(30(20)38)28(36)18-9-7-8-10-19(18)29(26)37/h7-10,16,21-23,27,33,35,38-40H,5-6,11-15H2,1-4H3/t16-,21-,22-,23-,27+,32-/m0/s1. The van der Waals surface area contributed by atoms with E-state index in [9.17, 15) is 39.4 Å². The van der Waals surface area contributed by atoms with Crippen molar-refractivity contribution in [3.63, 3.8) is 0 Å². The van der Waals surface area contributed by atoms with Gasteiger partial charge in [-0.3, -0.25) is 18.9 Å². The fraction of sp³-hybridized carbons (Fsp3) is 0.531. The van der Waals surface area contributed by atoms with Crippen LogP contribution in [0, 0.1) is 0 Å². The van der Waals surface area contributed by atoms with Crippen molar-refractivity contribution in [2.75, 3.05) is 25.9 Å². The van der Waals surface area contributed by atoms with Gasteiger partial charge < -0.3 is 44.3 Å². The van der Waals surface area contributed by atoms with Crippen LogP contribution in [0.25, 0.3) is 0 Å². The number of nitrogens with one attached hydrogen (secondary N) is 1. The number of hydrogen-bond acceptors (Lipinski definition) is 13. The van der Waals surface area contributed by atoms with Gasteiger partial charge in [0.2, 0.25) is 0 Å². The number of aliphatic hydroxyl groups is 2. The van der Waals surface area contributed by atoms with Gasteiger partial charge in [0.05, 0.1) is 48.8 Å². The van der Waals surface area contributed by atoms with Gasteiger partial charge in [-0.15, -0.1) is 0 Å². The highest BCUT2D eigenvalue weighted by Gasteiger charge is 2.49. The van der Waals surface area contributed by atoms with Gasteiger partial charge in [-0.05, 0) is 27.7 Å². The summed E-state index contributed by atoms with van der Waals surface area (Å²) in [6.07, 6.45) is -4.72. The molecule has 1 aliphatic heterocycles. The van der Waals surface area contributed by atoms with Gasteiger partial charge >= 0.3 is 7.60 Å². The minimum absolute atomic E-state index is 0.0380. The molecule has 0 amide bonds. The van der Waals surface area contributed by atoms with Crippen molar-refractivity contribution in [1.82, 2.24) is 5.32 Å². The first-order valence-electron chi connectivity index (χ1n) is 15.4. The normalized spacial score (nSPS) is 27.6. The first-order valence-corrected chi connectivity index (χ1v) is 17.1. The number of ether oxygens (including phenoxy) is 2. The maximum atomic E-state index is 13.6. The van der Waals surface area contributed by atoms with Crippen LogP contribution >= 0.6 is 7.60 Å². The van der Waals surface area contributed by atoms with Crippen LogP contribution < -0.4 is 5.32 Å². The summed E-state index contributed by atoms with van der Waals surface area (Å²) in [5.41, 5.74) is -2.84.